The van der Waals surface area contributed by atoms with Crippen molar-refractivity contribution >= 4 is 40.7 Å². The minimum atomic E-state index is -0.945. The molecule has 1 saturated heterocycles. The van der Waals surface area contributed by atoms with Crippen LogP contribution in [0.2, 0.25) is 10.0 Å². The summed E-state index contributed by atoms with van der Waals surface area (Å²) in [5.74, 6) is -1.45. The Hall–Kier alpha value is -2.32. The summed E-state index contributed by atoms with van der Waals surface area (Å²) in [4.78, 5) is 24.6. The molecule has 1 aromatic heterocycles. The number of carbonyl (C=O) groups excluding carboxylic acids is 2. The van der Waals surface area contributed by atoms with Gasteiger partial charge in [0.2, 0.25) is 11.8 Å². The summed E-state index contributed by atoms with van der Waals surface area (Å²) >= 11 is 12.2. The largest absolute Gasteiger partial charge is 0.385 e. The molecule has 9 heteroatoms. The maximum atomic E-state index is 12.5. The summed E-state index contributed by atoms with van der Waals surface area (Å²) in [6, 6.07) is 7.12. The van der Waals surface area contributed by atoms with Crippen molar-refractivity contribution < 1.29 is 14.7 Å². The van der Waals surface area contributed by atoms with Crippen LogP contribution in [0, 0.1) is 5.92 Å². The summed E-state index contributed by atoms with van der Waals surface area (Å²) < 4.78 is 1.80. The third kappa shape index (κ3) is 3.20. The molecule has 2 aliphatic rings. The van der Waals surface area contributed by atoms with Gasteiger partial charge in [-0.2, -0.15) is 0 Å². The van der Waals surface area contributed by atoms with Crippen LogP contribution >= 0.6 is 23.2 Å². The highest BCUT2D eigenvalue weighted by Crippen LogP contribution is 2.35. The molecule has 0 bridgehead atoms. The molecule has 4 rings (SSSR count). The SMILES string of the molecule is Cn1cccc1C(O)C1C=CC2C(=O)NC(=O)C2N1Nc1ccc(Cl)cc1Cl. The quantitative estimate of drug-likeness (QED) is 0.521. The molecule has 1 aromatic carbocycles. The minimum absolute atomic E-state index is 0.357. The highest BCUT2D eigenvalue weighted by Gasteiger charge is 2.49. The minimum Gasteiger partial charge on any atom is -0.385 e. The van der Waals surface area contributed by atoms with E-state index in [0.717, 1.165) is 0 Å². The molecule has 3 N–H and O–H groups in total. The lowest BCUT2D eigenvalue weighted by atomic mass is 9.92. The topological polar surface area (TPSA) is 86.6 Å². The summed E-state index contributed by atoms with van der Waals surface area (Å²) in [7, 11) is 1.83. The standard InChI is InChI=1S/C19H18Cl2N4O3/c1-24-8-2-3-14(24)17(26)15-7-5-11-16(19(28)22-18(11)27)25(15)23-13-6-4-10(20)9-12(13)21/h2-9,11,15-17,23,26H,1H3,(H,22,27,28). The Balaban J connectivity index is 1.74. The van der Waals surface area contributed by atoms with Crippen LogP contribution in [-0.4, -0.2) is 38.6 Å². The number of nitrogens with zero attached hydrogens (tertiary/aromatic N) is 2. The average Bonchev–Trinajstić information content (AvgIpc) is 3.20. The number of amides is 2. The first-order valence-corrected chi connectivity index (χ1v) is 9.45. The van der Waals surface area contributed by atoms with Crippen molar-refractivity contribution in [1.29, 1.82) is 0 Å². The molecule has 4 unspecified atom stereocenters. The van der Waals surface area contributed by atoms with Crippen LogP contribution in [0.3, 0.4) is 0 Å². The zero-order valence-electron chi connectivity index (χ0n) is 14.8. The van der Waals surface area contributed by atoms with Gasteiger partial charge in [-0.25, -0.2) is 5.01 Å². The molecule has 0 saturated carbocycles. The molecule has 2 aliphatic heterocycles. The number of rotatable bonds is 4. The van der Waals surface area contributed by atoms with Crippen molar-refractivity contribution in [1.82, 2.24) is 14.9 Å². The van der Waals surface area contributed by atoms with E-state index in [1.165, 1.54) is 0 Å². The first kappa shape index (κ1) is 19.0. The second-order valence-corrected chi connectivity index (χ2v) is 7.68. The van der Waals surface area contributed by atoms with E-state index < -0.39 is 30.0 Å². The highest BCUT2D eigenvalue weighted by molar-refractivity contribution is 6.36. The first-order chi connectivity index (χ1) is 13.4. The molecule has 28 heavy (non-hydrogen) atoms. The fourth-order valence-corrected chi connectivity index (χ4v) is 4.12. The maximum Gasteiger partial charge on any atom is 0.246 e. The van der Waals surface area contributed by atoms with E-state index in [2.05, 4.69) is 10.7 Å². The van der Waals surface area contributed by atoms with Crippen molar-refractivity contribution in [3.63, 3.8) is 0 Å². The number of hydrogen-bond acceptors (Lipinski definition) is 5. The molecular weight excluding hydrogens is 403 g/mol. The number of aromatic nitrogens is 1. The van der Waals surface area contributed by atoms with E-state index in [1.807, 2.05) is 19.3 Å². The van der Waals surface area contributed by atoms with Gasteiger partial charge in [0.05, 0.1) is 22.7 Å². The monoisotopic (exact) mass is 420 g/mol. The lowest BCUT2D eigenvalue weighted by Crippen LogP contribution is -2.55. The number of aliphatic hydroxyl groups is 1. The molecule has 146 valence electrons. The number of benzene rings is 1. The fraction of sp³-hybridized carbons (Fsp3) is 0.263. The molecule has 0 radical (unpaired) electrons. The molecule has 0 aliphatic carbocycles. The number of halogens is 2. The van der Waals surface area contributed by atoms with Crippen molar-refractivity contribution in [2.75, 3.05) is 5.43 Å². The molecular formula is C19H18Cl2N4O3. The Bertz CT molecular complexity index is 974. The van der Waals surface area contributed by atoms with Gasteiger partial charge in [0.15, 0.2) is 0 Å². The van der Waals surface area contributed by atoms with E-state index >= 15 is 0 Å². The molecule has 4 atom stereocenters. The highest BCUT2D eigenvalue weighted by atomic mass is 35.5. The maximum absolute atomic E-state index is 12.5. The predicted octanol–water partition coefficient (Wildman–Crippen LogP) is 2.27. The van der Waals surface area contributed by atoms with Crippen molar-refractivity contribution in [2.24, 2.45) is 13.0 Å². The average molecular weight is 421 g/mol. The number of aliphatic hydroxyl groups excluding tert-OH is 1. The third-order valence-corrected chi connectivity index (χ3v) is 5.63. The summed E-state index contributed by atoms with van der Waals surface area (Å²) in [6.45, 7) is 0. The van der Waals surface area contributed by atoms with E-state index in [1.54, 1.807) is 46.0 Å². The van der Waals surface area contributed by atoms with Crippen LogP contribution in [0.4, 0.5) is 5.69 Å². The van der Waals surface area contributed by atoms with Gasteiger partial charge in [-0.1, -0.05) is 35.4 Å². The molecule has 1 fully saturated rings. The second kappa shape index (κ2) is 7.25. The van der Waals surface area contributed by atoms with Crippen LogP contribution in [0.15, 0.2) is 48.7 Å². The van der Waals surface area contributed by atoms with Gasteiger partial charge in [-0.15, -0.1) is 0 Å². The van der Waals surface area contributed by atoms with Crippen LogP contribution in [0.25, 0.3) is 0 Å². The number of imide groups is 1. The zero-order valence-corrected chi connectivity index (χ0v) is 16.4. The lowest BCUT2D eigenvalue weighted by molar-refractivity contribution is -0.126. The molecule has 3 heterocycles. The van der Waals surface area contributed by atoms with Crippen LogP contribution in [-0.2, 0) is 16.6 Å². The number of carbonyl (C=O) groups is 2. The lowest BCUT2D eigenvalue weighted by Gasteiger charge is -2.40. The molecule has 0 spiro atoms. The Morgan fingerprint density at radius 3 is 2.64 bits per heavy atom. The molecule has 7 nitrogen and oxygen atoms in total. The Morgan fingerprint density at radius 1 is 1.18 bits per heavy atom. The van der Waals surface area contributed by atoms with E-state index in [4.69, 9.17) is 23.2 Å². The van der Waals surface area contributed by atoms with Crippen molar-refractivity contribution in [2.45, 2.75) is 18.2 Å². The summed E-state index contributed by atoms with van der Waals surface area (Å²) in [6.07, 6.45) is 4.28. The molecule has 2 aromatic rings. The van der Waals surface area contributed by atoms with Gasteiger partial charge in [-0.3, -0.25) is 14.9 Å². The van der Waals surface area contributed by atoms with Crippen LogP contribution < -0.4 is 10.7 Å². The number of fused-ring (bicyclic) bond motifs is 1. The number of hydrazine groups is 1. The number of aryl methyl sites for hydroxylation is 1. The van der Waals surface area contributed by atoms with Crippen LogP contribution in [0.1, 0.15) is 11.8 Å². The molecule has 2 amide bonds. The zero-order chi connectivity index (χ0) is 20.0. The number of hydrogen-bond donors (Lipinski definition) is 3. The Morgan fingerprint density at radius 2 is 1.96 bits per heavy atom. The van der Waals surface area contributed by atoms with E-state index in [-0.39, 0.29) is 5.91 Å². The van der Waals surface area contributed by atoms with Crippen LogP contribution in [0.5, 0.6) is 0 Å². The first-order valence-electron chi connectivity index (χ1n) is 8.69. The Kier molecular flexibility index (Phi) is 4.93. The van der Waals surface area contributed by atoms with Gasteiger partial charge in [0, 0.05) is 24.0 Å². The van der Waals surface area contributed by atoms with Gasteiger partial charge in [0.1, 0.15) is 12.1 Å². The van der Waals surface area contributed by atoms with E-state index in [0.29, 0.717) is 21.4 Å². The van der Waals surface area contributed by atoms with Gasteiger partial charge in [0.25, 0.3) is 0 Å². The number of nitrogens with one attached hydrogen (secondary N) is 2. The summed E-state index contributed by atoms with van der Waals surface area (Å²) in [5, 5.41) is 15.8. The predicted molar refractivity (Wildman–Crippen MR) is 106 cm³/mol. The number of anilines is 1. The third-order valence-electron chi connectivity index (χ3n) is 5.09. The second-order valence-electron chi connectivity index (χ2n) is 6.83. The van der Waals surface area contributed by atoms with Crippen molar-refractivity contribution in [3.8, 4) is 0 Å². The van der Waals surface area contributed by atoms with E-state index in [9.17, 15) is 14.7 Å². The summed E-state index contributed by atoms with van der Waals surface area (Å²) in [5.41, 5.74) is 4.30. The van der Waals surface area contributed by atoms with Crippen molar-refractivity contribution in [3.05, 3.63) is 64.4 Å². The smallest absolute Gasteiger partial charge is 0.246 e. The normalized spacial score (nSPS) is 25.5. The van der Waals surface area contributed by atoms with Gasteiger partial charge >= 0.3 is 0 Å². The van der Waals surface area contributed by atoms with Gasteiger partial charge < -0.3 is 15.1 Å². The fourth-order valence-electron chi connectivity index (χ4n) is 3.67. The Labute approximate surface area is 171 Å². The van der Waals surface area contributed by atoms with Gasteiger partial charge in [-0.05, 0) is 30.3 Å².